The van der Waals surface area contributed by atoms with E-state index in [9.17, 15) is 14.4 Å². The number of carbonyl (C=O) groups is 3. The summed E-state index contributed by atoms with van der Waals surface area (Å²) in [5, 5.41) is 8.35. The molecule has 3 aromatic heterocycles. The second-order valence-corrected chi connectivity index (χ2v) is 13.1. The van der Waals surface area contributed by atoms with Gasteiger partial charge in [-0.3, -0.25) is 14.4 Å². The van der Waals surface area contributed by atoms with Gasteiger partial charge in [0.2, 0.25) is 11.8 Å². The molecule has 0 spiro atoms. The summed E-state index contributed by atoms with van der Waals surface area (Å²) in [5.74, 6) is -0.165. The highest BCUT2D eigenvalue weighted by atomic mass is 32.1. The molecule has 0 radical (unpaired) electrons. The van der Waals surface area contributed by atoms with Crippen LogP contribution in [0.15, 0.2) is 42.7 Å². The van der Waals surface area contributed by atoms with Crippen LogP contribution in [0.2, 0.25) is 0 Å². The molecule has 1 unspecified atom stereocenters. The van der Waals surface area contributed by atoms with Crippen molar-refractivity contribution in [1.29, 1.82) is 0 Å². The third-order valence-electron chi connectivity index (χ3n) is 7.36. The number of aromatic amines is 1. The summed E-state index contributed by atoms with van der Waals surface area (Å²) < 4.78 is 7.69. The average Bonchev–Trinajstić information content (AvgIpc) is 3.69. The lowest BCUT2D eigenvalue weighted by molar-refractivity contribution is -0.120. The van der Waals surface area contributed by atoms with Gasteiger partial charge < -0.3 is 25.7 Å². The highest BCUT2D eigenvalue weighted by Crippen LogP contribution is 2.34. The predicted molar refractivity (Wildman–Crippen MR) is 166 cm³/mol. The number of hydrogen-bond acceptors (Lipinski definition) is 6. The number of fused-ring (bicyclic) bond motifs is 1. The fourth-order valence-electron chi connectivity index (χ4n) is 5.13. The first-order valence-electron chi connectivity index (χ1n) is 14.3. The molecule has 5 rings (SSSR count). The van der Waals surface area contributed by atoms with E-state index in [1.165, 1.54) is 11.3 Å². The zero-order valence-corrected chi connectivity index (χ0v) is 25.3. The molecule has 11 heteroatoms. The largest absolute Gasteiger partial charge is 0.370 e. The zero-order valence-electron chi connectivity index (χ0n) is 24.5. The van der Waals surface area contributed by atoms with E-state index in [0.717, 1.165) is 58.5 Å². The summed E-state index contributed by atoms with van der Waals surface area (Å²) in [6, 6.07) is 9.38. The Bertz CT molecular complexity index is 1600. The molecule has 0 aliphatic carbocycles. The molecule has 10 nitrogen and oxygen atoms in total. The number of aryl methyl sites for hydroxylation is 1. The lowest BCUT2D eigenvalue weighted by Gasteiger charge is -2.23. The number of H-pyrrole nitrogens is 1. The van der Waals surface area contributed by atoms with Crippen LogP contribution in [0.5, 0.6) is 0 Å². The van der Waals surface area contributed by atoms with E-state index in [1.807, 2.05) is 55.9 Å². The van der Waals surface area contributed by atoms with E-state index in [-0.39, 0.29) is 29.9 Å². The Morgan fingerprint density at radius 3 is 2.74 bits per heavy atom. The quantitative estimate of drug-likeness (QED) is 0.224. The van der Waals surface area contributed by atoms with Gasteiger partial charge in [-0.15, -0.1) is 11.3 Å². The number of nitrogens with two attached hydrogens (primary N) is 1. The molecule has 1 fully saturated rings. The molecule has 0 bridgehead atoms. The van der Waals surface area contributed by atoms with Crippen LogP contribution in [0.25, 0.3) is 21.3 Å². The highest BCUT2D eigenvalue weighted by molar-refractivity contribution is 7.17. The normalized spacial score (nSPS) is 15.6. The third-order valence-corrected chi connectivity index (χ3v) is 8.49. The minimum atomic E-state index is -0.423. The molecular formula is C31H38N6O4S. The smallest absolute Gasteiger partial charge is 0.266 e. The van der Waals surface area contributed by atoms with Crippen molar-refractivity contribution in [3.63, 3.8) is 0 Å². The van der Waals surface area contributed by atoms with Crippen LogP contribution in [0.3, 0.4) is 0 Å². The minimum Gasteiger partial charge on any atom is -0.370 e. The minimum absolute atomic E-state index is 0.0150. The van der Waals surface area contributed by atoms with E-state index in [1.54, 1.807) is 24.2 Å². The van der Waals surface area contributed by atoms with Crippen LogP contribution in [-0.2, 0) is 20.7 Å². The van der Waals surface area contributed by atoms with Crippen LogP contribution >= 0.6 is 11.3 Å². The van der Waals surface area contributed by atoms with E-state index < -0.39 is 5.91 Å². The molecule has 4 aromatic rings. The van der Waals surface area contributed by atoms with Gasteiger partial charge in [0.05, 0.1) is 11.1 Å². The molecule has 1 atom stereocenters. The Morgan fingerprint density at radius 1 is 1.21 bits per heavy atom. The van der Waals surface area contributed by atoms with Crippen LogP contribution in [0.1, 0.15) is 74.3 Å². The molecule has 1 saturated heterocycles. The summed E-state index contributed by atoms with van der Waals surface area (Å²) in [6.45, 7) is 6.83. The number of nitrogens with zero attached hydrogens (tertiary/aromatic N) is 3. The lowest BCUT2D eigenvalue weighted by Crippen LogP contribution is -2.29. The summed E-state index contributed by atoms with van der Waals surface area (Å²) in [4.78, 5) is 44.2. The molecule has 222 valence electrons. The monoisotopic (exact) mass is 590 g/mol. The Balaban J connectivity index is 1.37. The second kappa shape index (κ2) is 12.1. The molecule has 1 aromatic carbocycles. The van der Waals surface area contributed by atoms with Crippen molar-refractivity contribution in [2.24, 2.45) is 11.1 Å². The SMILES string of the molecule is CN(C(=O)CC(C)(C)C)c1ccc2c(CCC(N)=O)c(NC(=O)c3ccc(-c4cnn(C5CCCCO5)c4)s3)[nH]c2c1. The summed E-state index contributed by atoms with van der Waals surface area (Å²) >= 11 is 1.38. The lowest BCUT2D eigenvalue weighted by atomic mass is 9.91. The number of primary amides is 1. The van der Waals surface area contributed by atoms with Crippen molar-refractivity contribution >= 4 is 51.5 Å². The zero-order chi connectivity index (χ0) is 30.0. The first-order valence-corrected chi connectivity index (χ1v) is 15.1. The fourth-order valence-corrected chi connectivity index (χ4v) is 6.00. The van der Waals surface area contributed by atoms with Crippen molar-refractivity contribution < 1.29 is 19.1 Å². The Morgan fingerprint density at radius 2 is 2.02 bits per heavy atom. The van der Waals surface area contributed by atoms with E-state index in [2.05, 4.69) is 15.4 Å². The number of nitrogens with one attached hydrogen (secondary N) is 2. The van der Waals surface area contributed by atoms with E-state index in [4.69, 9.17) is 10.5 Å². The molecule has 3 amide bonds. The highest BCUT2D eigenvalue weighted by Gasteiger charge is 2.22. The first kappa shape index (κ1) is 29.5. The number of anilines is 2. The Hall–Kier alpha value is -3.96. The number of benzene rings is 1. The van der Waals surface area contributed by atoms with Gasteiger partial charge in [-0.1, -0.05) is 26.8 Å². The molecule has 4 N–H and O–H groups in total. The average molecular weight is 591 g/mol. The summed E-state index contributed by atoms with van der Waals surface area (Å²) in [5.41, 5.74) is 8.53. The molecule has 0 saturated carbocycles. The van der Waals surface area contributed by atoms with Crippen LogP contribution in [0.4, 0.5) is 11.5 Å². The predicted octanol–water partition coefficient (Wildman–Crippen LogP) is 5.86. The van der Waals surface area contributed by atoms with Crippen LogP contribution in [-0.4, -0.2) is 46.1 Å². The Labute approximate surface area is 249 Å². The van der Waals surface area contributed by atoms with Crippen molar-refractivity contribution in [3.05, 3.63) is 53.2 Å². The van der Waals surface area contributed by atoms with Gasteiger partial charge >= 0.3 is 0 Å². The van der Waals surface area contributed by atoms with Crippen molar-refractivity contribution in [1.82, 2.24) is 14.8 Å². The van der Waals surface area contributed by atoms with Gasteiger partial charge in [-0.25, -0.2) is 4.68 Å². The van der Waals surface area contributed by atoms with Gasteiger partial charge in [0.25, 0.3) is 5.91 Å². The van der Waals surface area contributed by atoms with E-state index in [0.29, 0.717) is 23.5 Å². The van der Waals surface area contributed by atoms with Crippen LogP contribution < -0.4 is 16.0 Å². The van der Waals surface area contributed by atoms with Gasteiger partial charge in [-0.2, -0.15) is 5.10 Å². The first-order chi connectivity index (χ1) is 20.0. The van der Waals surface area contributed by atoms with Crippen molar-refractivity contribution in [3.8, 4) is 10.4 Å². The number of thiophene rings is 1. The topological polar surface area (TPSA) is 135 Å². The summed E-state index contributed by atoms with van der Waals surface area (Å²) in [7, 11) is 1.76. The maximum absolute atomic E-state index is 13.4. The van der Waals surface area contributed by atoms with Gasteiger partial charge in [-0.05, 0) is 55.4 Å². The molecule has 1 aliphatic rings. The number of carbonyl (C=O) groups excluding carboxylic acids is 3. The van der Waals surface area contributed by atoms with Crippen molar-refractivity contribution in [2.45, 2.75) is 65.5 Å². The van der Waals surface area contributed by atoms with E-state index >= 15 is 0 Å². The third kappa shape index (κ3) is 6.74. The number of hydrogen-bond donors (Lipinski definition) is 3. The summed E-state index contributed by atoms with van der Waals surface area (Å²) in [6.07, 6.45) is 7.75. The van der Waals surface area contributed by atoms with Crippen molar-refractivity contribution in [2.75, 3.05) is 23.9 Å². The number of aromatic nitrogens is 3. The number of ether oxygens (including phenoxy) is 1. The fraction of sp³-hybridized carbons (Fsp3) is 0.419. The van der Waals surface area contributed by atoms with Gasteiger partial charge in [0.1, 0.15) is 12.0 Å². The second-order valence-electron chi connectivity index (χ2n) is 12.0. The maximum Gasteiger partial charge on any atom is 0.266 e. The van der Waals surface area contributed by atoms with Gasteiger partial charge in [0, 0.05) is 65.3 Å². The standard InChI is InChI=1S/C31H38N6O4S/c1-31(2,3)16-27(39)36(4)20-8-9-21-22(10-13-26(32)38)29(34-23(21)15-20)35-30(40)25-12-11-24(42-25)19-17-33-37(18-19)28-7-5-6-14-41-28/h8-9,11-12,15,17-18,28,34H,5-7,10,13-14,16H2,1-4H3,(H2,32,38)(H,35,40). The molecule has 4 heterocycles. The molecular weight excluding hydrogens is 552 g/mol. The maximum atomic E-state index is 13.4. The molecule has 42 heavy (non-hydrogen) atoms. The number of rotatable bonds is 9. The number of amides is 3. The van der Waals surface area contributed by atoms with Crippen LogP contribution in [0, 0.1) is 5.41 Å². The Kier molecular flexibility index (Phi) is 8.51. The molecule has 1 aliphatic heterocycles. The van der Waals surface area contributed by atoms with Gasteiger partial charge in [0.15, 0.2) is 0 Å².